The molecule has 1 aliphatic heterocycles. The average Bonchev–Trinajstić information content (AvgIpc) is 2.96. The Hall–Kier alpha value is -2.09. The van der Waals surface area contributed by atoms with Crippen LogP contribution in [0.4, 0.5) is 14.7 Å². The number of aryl methyl sites for hydroxylation is 2. The summed E-state index contributed by atoms with van der Waals surface area (Å²) in [4.78, 5) is 10.5. The van der Waals surface area contributed by atoms with Crippen molar-refractivity contribution in [3.05, 3.63) is 23.7 Å². The number of hydrogen-bond acceptors (Lipinski definition) is 5. The molecule has 2 N–H and O–H groups in total. The van der Waals surface area contributed by atoms with Gasteiger partial charge >= 0.3 is 0 Å². The Morgan fingerprint density at radius 3 is 2.58 bits per heavy atom. The maximum atomic E-state index is 13.3. The van der Waals surface area contributed by atoms with Crippen molar-refractivity contribution in [1.82, 2.24) is 19.7 Å². The Bertz CT molecular complexity index is 707. The lowest BCUT2D eigenvalue weighted by atomic mass is 10.1. The van der Waals surface area contributed by atoms with Crippen LogP contribution in [0.2, 0.25) is 0 Å². The average molecular weight is 336 g/mol. The molecule has 1 saturated heterocycles. The fraction of sp³-hybridized carbons (Fsp3) is 0.562. The maximum absolute atomic E-state index is 13.3. The van der Waals surface area contributed by atoms with Crippen molar-refractivity contribution in [2.24, 2.45) is 5.73 Å². The highest BCUT2D eigenvalue weighted by atomic mass is 19.3. The van der Waals surface area contributed by atoms with Gasteiger partial charge in [0.2, 0.25) is 5.95 Å². The van der Waals surface area contributed by atoms with E-state index >= 15 is 0 Å². The van der Waals surface area contributed by atoms with E-state index in [9.17, 15) is 8.78 Å². The van der Waals surface area contributed by atoms with Crippen molar-refractivity contribution in [3.63, 3.8) is 0 Å². The lowest BCUT2D eigenvalue weighted by molar-refractivity contribution is 0.146. The molecule has 0 saturated carbocycles. The minimum absolute atomic E-state index is 0.157. The van der Waals surface area contributed by atoms with Gasteiger partial charge in [0.25, 0.3) is 6.43 Å². The van der Waals surface area contributed by atoms with Gasteiger partial charge in [0.1, 0.15) is 5.69 Å². The molecule has 0 atom stereocenters. The number of rotatable bonds is 4. The molecule has 3 rings (SSSR count). The van der Waals surface area contributed by atoms with E-state index < -0.39 is 6.43 Å². The van der Waals surface area contributed by atoms with Gasteiger partial charge in [-0.15, -0.1) is 0 Å². The number of alkyl halides is 2. The highest BCUT2D eigenvalue weighted by Crippen LogP contribution is 2.28. The molecule has 24 heavy (non-hydrogen) atoms. The van der Waals surface area contributed by atoms with Crippen molar-refractivity contribution >= 4 is 5.95 Å². The van der Waals surface area contributed by atoms with E-state index in [-0.39, 0.29) is 11.7 Å². The highest BCUT2D eigenvalue weighted by Gasteiger charge is 2.22. The van der Waals surface area contributed by atoms with Gasteiger partial charge in [-0.2, -0.15) is 5.10 Å². The summed E-state index contributed by atoms with van der Waals surface area (Å²) in [5.74, 6) is 0.346. The molecule has 6 nitrogen and oxygen atoms in total. The van der Waals surface area contributed by atoms with Gasteiger partial charge in [-0.05, 0) is 32.8 Å². The second kappa shape index (κ2) is 6.80. The Morgan fingerprint density at radius 2 is 2.00 bits per heavy atom. The van der Waals surface area contributed by atoms with Crippen LogP contribution in [0.25, 0.3) is 11.3 Å². The zero-order chi connectivity index (χ0) is 17.3. The van der Waals surface area contributed by atoms with Gasteiger partial charge in [-0.3, -0.25) is 4.68 Å². The molecule has 2 aromatic rings. The standard InChI is InChI=1S/C16H22F2N6/c1-3-24-9-12(10(2)22-24)13-8-14(15(17)18)21-16(20-13)23-6-4-11(19)5-7-23/h8-9,11,15H,3-7,19H2,1-2H3. The predicted octanol–water partition coefficient (Wildman–Crippen LogP) is 2.53. The van der Waals surface area contributed by atoms with Gasteiger partial charge < -0.3 is 10.6 Å². The predicted molar refractivity (Wildman–Crippen MR) is 88.0 cm³/mol. The van der Waals surface area contributed by atoms with E-state index in [4.69, 9.17) is 5.73 Å². The van der Waals surface area contributed by atoms with Gasteiger partial charge in [-0.1, -0.05) is 0 Å². The number of anilines is 1. The Labute approximate surface area is 139 Å². The van der Waals surface area contributed by atoms with Crippen molar-refractivity contribution in [3.8, 4) is 11.3 Å². The van der Waals surface area contributed by atoms with Crippen LogP contribution < -0.4 is 10.6 Å². The third-order valence-electron chi connectivity index (χ3n) is 4.33. The number of nitrogens with two attached hydrogens (primary N) is 1. The van der Waals surface area contributed by atoms with Crippen LogP contribution >= 0.6 is 0 Å². The van der Waals surface area contributed by atoms with Crippen LogP contribution in [-0.4, -0.2) is 38.9 Å². The summed E-state index contributed by atoms with van der Waals surface area (Å²) in [6.07, 6.45) is 0.816. The maximum Gasteiger partial charge on any atom is 0.280 e. The van der Waals surface area contributed by atoms with E-state index in [2.05, 4.69) is 15.1 Å². The van der Waals surface area contributed by atoms with E-state index in [1.807, 2.05) is 24.9 Å². The summed E-state index contributed by atoms with van der Waals surface area (Å²) in [6.45, 7) is 5.90. The van der Waals surface area contributed by atoms with Crippen LogP contribution in [-0.2, 0) is 6.54 Å². The molecule has 0 bridgehead atoms. The van der Waals surface area contributed by atoms with E-state index in [1.165, 1.54) is 6.07 Å². The molecular weight excluding hydrogens is 314 g/mol. The first-order valence-electron chi connectivity index (χ1n) is 8.20. The number of piperidine rings is 1. The van der Waals surface area contributed by atoms with E-state index in [0.29, 0.717) is 31.3 Å². The molecule has 0 aliphatic carbocycles. The van der Waals surface area contributed by atoms with Crippen molar-refractivity contribution in [1.29, 1.82) is 0 Å². The minimum Gasteiger partial charge on any atom is -0.341 e. The van der Waals surface area contributed by atoms with E-state index in [0.717, 1.165) is 24.1 Å². The van der Waals surface area contributed by atoms with Gasteiger partial charge in [0.15, 0.2) is 0 Å². The quantitative estimate of drug-likeness (QED) is 0.929. The largest absolute Gasteiger partial charge is 0.341 e. The van der Waals surface area contributed by atoms with Gasteiger partial charge in [0.05, 0.1) is 11.4 Å². The van der Waals surface area contributed by atoms with Crippen LogP contribution in [0.5, 0.6) is 0 Å². The normalized spacial score (nSPS) is 16.2. The first kappa shape index (κ1) is 16.8. The summed E-state index contributed by atoms with van der Waals surface area (Å²) in [5.41, 5.74) is 7.67. The number of hydrogen-bond donors (Lipinski definition) is 1. The Morgan fingerprint density at radius 1 is 1.29 bits per heavy atom. The minimum atomic E-state index is -2.64. The second-order valence-corrected chi connectivity index (χ2v) is 6.09. The van der Waals surface area contributed by atoms with Crippen molar-refractivity contribution in [2.75, 3.05) is 18.0 Å². The number of nitrogens with zero attached hydrogens (tertiary/aromatic N) is 5. The molecule has 0 aromatic carbocycles. The molecule has 1 aliphatic rings. The monoisotopic (exact) mass is 336 g/mol. The smallest absolute Gasteiger partial charge is 0.280 e. The van der Waals surface area contributed by atoms with Gasteiger partial charge in [0, 0.05) is 37.4 Å². The summed E-state index contributed by atoms with van der Waals surface area (Å²) in [6, 6.07) is 1.51. The molecule has 0 radical (unpaired) electrons. The van der Waals surface area contributed by atoms with Crippen LogP contribution in [0, 0.1) is 6.92 Å². The third kappa shape index (κ3) is 3.38. The van der Waals surface area contributed by atoms with E-state index in [1.54, 1.807) is 4.68 Å². The Kier molecular flexibility index (Phi) is 4.75. The van der Waals surface area contributed by atoms with Crippen LogP contribution in [0.3, 0.4) is 0 Å². The number of aromatic nitrogens is 4. The molecule has 1 fully saturated rings. The van der Waals surface area contributed by atoms with Crippen molar-refractivity contribution < 1.29 is 8.78 Å². The molecule has 0 amide bonds. The SMILES string of the molecule is CCn1cc(-c2cc(C(F)F)nc(N3CCC(N)CC3)n2)c(C)n1. The summed E-state index contributed by atoms with van der Waals surface area (Å²) in [5, 5.41) is 4.37. The first-order chi connectivity index (χ1) is 11.5. The van der Waals surface area contributed by atoms with Gasteiger partial charge in [-0.25, -0.2) is 18.7 Å². The first-order valence-corrected chi connectivity index (χ1v) is 8.20. The summed E-state index contributed by atoms with van der Waals surface area (Å²) in [7, 11) is 0. The van der Waals surface area contributed by atoms with Crippen LogP contribution in [0.15, 0.2) is 12.3 Å². The lowest BCUT2D eigenvalue weighted by Crippen LogP contribution is -2.40. The lowest BCUT2D eigenvalue weighted by Gasteiger charge is -2.30. The topological polar surface area (TPSA) is 72.9 Å². The molecule has 2 aromatic heterocycles. The summed E-state index contributed by atoms with van der Waals surface area (Å²) >= 11 is 0. The molecule has 8 heteroatoms. The second-order valence-electron chi connectivity index (χ2n) is 6.09. The zero-order valence-corrected chi connectivity index (χ0v) is 13.9. The zero-order valence-electron chi connectivity index (χ0n) is 13.9. The molecule has 3 heterocycles. The Balaban J connectivity index is 2.01. The van der Waals surface area contributed by atoms with Crippen molar-refractivity contribution in [2.45, 2.75) is 45.7 Å². The molecule has 0 spiro atoms. The van der Waals surface area contributed by atoms with Crippen LogP contribution in [0.1, 0.15) is 37.6 Å². The number of halogens is 2. The fourth-order valence-electron chi connectivity index (χ4n) is 2.87. The molecule has 0 unspecified atom stereocenters. The highest BCUT2D eigenvalue weighted by molar-refractivity contribution is 5.63. The molecule has 130 valence electrons. The molecular formula is C16H22F2N6. The fourth-order valence-corrected chi connectivity index (χ4v) is 2.87. The third-order valence-corrected chi connectivity index (χ3v) is 4.33. The summed E-state index contributed by atoms with van der Waals surface area (Å²) < 4.78 is 28.4.